The van der Waals surface area contributed by atoms with Crippen molar-refractivity contribution in [2.75, 3.05) is 11.9 Å². The first-order valence-electron chi connectivity index (χ1n) is 6.32. The summed E-state index contributed by atoms with van der Waals surface area (Å²) < 4.78 is 13.2. The van der Waals surface area contributed by atoms with Gasteiger partial charge in [0.2, 0.25) is 0 Å². The van der Waals surface area contributed by atoms with Crippen LogP contribution in [0.3, 0.4) is 0 Å². The third-order valence-electron chi connectivity index (χ3n) is 2.78. The molecular weight excluding hydrogens is 269 g/mol. The fourth-order valence-corrected chi connectivity index (χ4v) is 1.67. The number of halogens is 1. The van der Waals surface area contributed by atoms with Gasteiger partial charge in [0.05, 0.1) is 6.54 Å². The highest BCUT2D eigenvalue weighted by Gasteiger charge is 2.09. The number of amides is 1. The first-order valence-corrected chi connectivity index (χ1v) is 6.32. The highest BCUT2D eigenvalue weighted by atomic mass is 19.1. The van der Waals surface area contributed by atoms with Crippen LogP contribution in [0.5, 0.6) is 0 Å². The van der Waals surface area contributed by atoms with Crippen molar-refractivity contribution in [1.82, 2.24) is 4.98 Å². The minimum absolute atomic E-state index is 0.233. The average molecular weight is 283 g/mol. The van der Waals surface area contributed by atoms with E-state index in [1.165, 1.54) is 18.3 Å². The van der Waals surface area contributed by atoms with Gasteiger partial charge in [-0.15, -0.1) is 0 Å². The Balaban J connectivity index is 2.15. The highest BCUT2D eigenvalue weighted by molar-refractivity contribution is 6.03. The number of hydrogen-bond acceptors (Lipinski definition) is 3. The molecule has 5 heteroatoms. The van der Waals surface area contributed by atoms with Crippen LogP contribution >= 0.6 is 0 Å². The van der Waals surface area contributed by atoms with Gasteiger partial charge in [-0.05, 0) is 36.8 Å². The zero-order valence-electron chi connectivity index (χ0n) is 11.5. The zero-order chi connectivity index (χ0) is 15.2. The number of hydrogen-bond donors (Lipinski definition) is 2. The lowest BCUT2D eigenvalue weighted by molar-refractivity contribution is 0.102. The minimum Gasteiger partial charge on any atom is -0.320 e. The number of nitrogens with one attached hydrogen (secondary N) is 1. The molecule has 106 valence electrons. The fourth-order valence-electron chi connectivity index (χ4n) is 1.67. The van der Waals surface area contributed by atoms with Crippen molar-refractivity contribution in [3.8, 4) is 11.8 Å². The van der Waals surface area contributed by atoms with Crippen molar-refractivity contribution in [3.05, 3.63) is 59.2 Å². The number of carbonyl (C=O) groups is 1. The summed E-state index contributed by atoms with van der Waals surface area (Å²) in [6, 6.07) is 7.46. The SMILES string of the molecule is Cc1ccc(F)cc1NC(=O)c1ccc(C#CCN)cn1. The average Bonchev–Trinajstić information content (AvgIpc) is 2.49. The van der Waals surface area contributed by atoms with Crippen LogP contribution in [-0.4, -0.2) is 17.4 Å². The van der Waals surface area contributed by atoms with Crippen LogP contribution < -0.4 is 11.1 Å². The number of rotatable bonds is 2. The molecule has 0 atom stereocenters. The largest absolute Gasteiger partial charge is 0.320 e. The maximum Gasteiger partial charge on any atom is 0.274 e. The van der Waals surface area contributed by atoms with Crippen molar-refractivity contribution >= 4 is 11.6 Å². The van der Waals surface area contributed by atoms with Crippen LogP contribution in [0.4, 0.5) is 10.1 Å². The van der Waals surface area contributed by atoms with Crippen molar-refractivity contribution < 1.29 is 9.18 Å². The Morgan fingerprint density at radius 2 is 2.19 bits per heavy atom. The molecule has 0 aliphatic rings. The predicted octanol–water partition coefficient (Wildman–Crippen LogP) is 2.09. The van der Waals surface area contributed by atoms with E-state index in [2.05, 4.69) is 22.1 Å². The molecule has 0 fully saturated rings. The molecule has 0 aliphatic carbocycles. The number of benzene rings is 1. The van der Waals surface area contributed by atoms with Gasteiger partial charge < -0.3 is 11.1 Å². The van der Waals surface area contributed by atoms with Gasteiger partial charge in [0.15, 0.2) is 0 Å². The van der Waals surface area contributed by atoms with Crippen LogP contribution in [0.25, 0.3) is 0 Å². The van der Waals surface area contributed by atoms with Gasteiger partial charge in [0.1, 0.15) is 11.5 Å². The van der Waals surface area contributed by atoms with E-state index < -0.39 is 11.7 Å². The molecule has 1 aromatic carbocycles. The lowest BCUT2D eigenvalue weighted by Crippen LogP contribution is -2.14. The van der Waals surface area contributed by atoms with E-state index in [0.717, 1.165) is 5.56 Å². The summed E-state index contributed by atoms with van der Waals surface area (Å²) >= 11 is 0. The van der Waals surface area contributed by atoms with E-state index in [-0.39, 0.29) is 12.2 Å². The molecule has 4 nitrogen and oxygen atoms in total. The molecule has 1 amide bonds. The summed E-state index contributed by atoms with van der Waals surface area (Å²) in [6.07, 6.45) is 1.50. The Bertz CT molecular complexity index is 715. The van der Waals surface area contributed by atoms with Gasteiger partial charge in [-0.25, -0.2) is 9.37 Å². The first-order chi connectivity index (χ1) is 10.1. The highest BCUT2D eigenvalue weighted by Crippen LogP contribution is 2.16. The molecule has 21 heavy (non-hydrogen) atoms. The molecule has 0 saturated carbocycles. The summed E-state index contributed by atoms with van der Waals surface area (Å²) in [6.45, 7) is 2.05. The summed E-state index contributed by atoms with van der Waals surface area (Å²) in [5.74, 6) is 4.71. The molecule has 0 aliphatic heterocycles. The molecular formula is C16H14FN3O. The van der Waals surface area contributed by atoms with Gasteiger partial charge in [0.25, 0.3) is 5.91 Å². The molecule has 2 rings (SSSR count). The fraction of sp³-hybridized carbons (Fsp3) is 0.125. The number of aryl methyl sites for hydroxylation is 1. The van der Waals surface area contributed by atoms with E-state index in [1.54, 1.807) is 25.1 Å². The van der Waals surface area contributed by atoms with E-state index in [0.29, 0.717) is 11.3 Å². The van der Waals surface area contributed by atoms with E-state index in [1.807, 2.05) is 0 Å². The van der Waals surface area contributed by atoms with Gasteiger partial charge in [-0.3, -0.25) is 4.79 Å². The molecule has 2 aromatic rings. The monoisotopic (exact) mass is 283 g/mol. The minimum atomic E-state index is -0.406. The number of nitrogens with zero attached hydrogens (tertiary/aromatic N) is 1. The predicted molar refractivity (Wildman–Crippen MR) is 79.3 cm³/mol. The number of nitrogens with two attached hydrogens (primary N) is 1. The Morgan fingerprint density at radius 3 is 2.86 bits per heavy atom. The maximum atomic E-state index is 13.2. The molecule has 0 bridgehead atoms. The second kappa shape index (κ2) is 6.64. The van der Waals surface area contributed by atoms with Crippen LogP contribution in [0.2, 0.25) is 0 Å². The molecule has 3 N–H and O–H groups in total. The van der Waals surface area contributed by atoms with Gasteiger partial charge in [0, 0.05) is 17.4 Å². The number of anilines is 1. The third-order valence-corrected chi connectivity index (χ3v) is 2.78. The topological polar surface area (TPSA) is 68.0 Å². The van der Waals surface area contributed by atoms with Gasteiger partial charge in [-0.1, -0.05) is 17.9 Å². The first kappa shape index (κ1) is 14.7. The molecule has 1 aromatic heterocycles. The summed E-state index contributed by atoms with van der Waals surface area (Å²) in [4.78, 5) is 16.1. The Hall–Kier alpha value is -2.71. The lowest BCUT2D eigenvalue weighted by atomic mass is 10.2. The second-order valence-corrected chi connectivity index (χ2v) is 4.35. The van der Waals surface area contributed by atoms with E-state index in [9.17, 15) is 9.18 Å². The maximum absolute atomic E-state index is 13.2. The standard InChI is InChI=1S/C16H14FN3O/c1-11-4-6-13(17)9-15(11)20-16(21)14-7-5-12(10-19-14)3-2-8-18/h4-7,9-10H,8,18H2,1H3,(H,20,21). The number of aromatic nitrogens is 1. The van der Waals surface area contributed by atoms with Crippen LogP contribution in [0, 0.1) is 24.6 Å². The van der Waals surface area contributed by atoms with Crippen LogP contribution in [0.1, 0.15) is 21.6 Å². The lowest BCUT2D eigenvalue weighted by Gasteiger charge is -2.08. The molecule has 1 heterocycles. The molecule has 0 unspecified atom stereocenters. The Kier molecular flexibility index (Phi) is 4.64. The quantitative estimate of drug-likeness (QED) is 0.829. The van der Waals surface area contributed by atoms with Gasteiger partial charge >= 0.3 is 0 Å². The normalized spacial score (nSPS) is 9.67. The van der Waals surface area contributed by atoms with E-state index in [4.69, 9.17) is 5.73 Å². The molecule has 0 radical (unpaired) electrons. The van der Waals surface area contributed by atoms with E-state index >= 15 is 0 Å². The van der Waals surface area contributed by atoms with Crippen molar-refractivity contribution in [2.24, 2.45) is 5.73 Å². The number of carbonyl (C=O) groups excluding carboxylic acids is 1. The zero-order valence-corrected chi connectivity index (χ0v) is 11.5. The molecule has 0 saturated heterocycles. The Labute approximate surface area is 122 Å². The van der Waals surface area contributed by atoms with Crippen molar-refractivity contribution in [1.29, 1.82) is 0 Å². The third kappa shape index (κ3) is 3.88. The van der Waals surface area contributed by atoms with Crippen molar-refractivity contribution in [2.45, 2.75) is 6.92 Å². The second-order valence-electron chi connectivity index (χ2n) is 4.35. The van der Waals surface area contributed by atoms with Crippen molar-refractivity contribution in [3.63, 3.8) is 0 Å². The van der Waals surface area contributed by atoms with Crippen LogP contribution in [-0.2, 0) is 0 Å². The van der Waals surface area contributed by atoms with Crippen LogP contribution in [0.15, 0.2) is 36.5 Å². The summed E-state index contributed by atoms with van der Waals surface area (Å²) in [7, 11) is 0. The number of pyridine rings is 1. The Morgan fingerprint density at radius 1 is 1.38 bits per heavy atom. The smallest absolute Gasteiger partial charge is 0.274 e. The van der Waals surface area contributed by atoms with Gasteiger partial charge in [-0.2, -0.15) is 0 Å². The molecule has 0 spiro atoms. The summed E-state index contributed by atoms with van der Waals surface area (Å²) in [5, 5.41) is 2.63. The summed E-state index contributed by atoms with van der Waals surface area (Å²) in [5.41, 5.74) is 7.39.